The van der Waals surface area contributed by atoms with Crippen LogP contribution in [0.3, 0.4) is 0 Å². The number of ether oxygens (including phenoxy) is 1. The molecule has 28 heavy (non-hydrogen) atoms. The maximum absolute atomic E-state index is 13.9. The zero-order valence-corrected chi connectivity index (χ0v) is 17.0. The first kappa shape index (κ1) is 20.9. The first-order valence-electron chi connectivity index (χ1n) is 9.35. The molecule has 0 aromatic heterocycles. The Morgan fingerprint density at radius 1 is 1.11 bits per heavy atom. The molecule has 2 aromatic carbocycles. The highest BCUT2D eigenvalue weighted by Gasteiger charge is 2.25. The van der Waals surface area contributed by atoms with Crippen molar-refractivity contribution in [3.63, 3.8) is 0 Å². The van der Waals surface area contributed by atoms with Crippen LogP contribution < -0.4 is 10.1 Å². The van der Waals surface area contributed by atoms with Crippen molar-refractivity contribution in [3.05, 3.63) is 63.9 Å². The van der Waals surface area contributed by atoms with Crippen LogP contribution in [0.25, 0.3) is 0 Å². The number of halogens is 3. The van der Waals surface area contributed by atoms with E-state index in [1.807, 2.05) is 12.1 Å². The summed E-state index contributed by atoms with van der Waals surface area (Å²) in [5, 5.41) is 3.91. The van der Waals surface area contributed by atoms with Crippen molar-refractivity contribution in [3.8, 4) is 5.75 Å². The molecule has 0 aliphatic carbocycles. The number of nitrogens with one attached hydrogen (secondary N) is 1. The van der Waals surface area contributed by atoms with E-state index in [9.17, 15) is 9.18 Å². The van der Waals surface area contributed by atoms with Crippen molar-refractivity contribution >= 4 is 29.1 Å². The summed E-state index contributed by atoms with van der Waals surface area (Å²) in [5.41, 5.74) is 0.517. The highest BCUT2D eigenvalue weighted by atomic mass is 35.5. The van der Waals surface area contributed by atoms with Crippen LogP contribution in [0.5, 0.6) is 5.75 Å². The van der Waals surface area contributed by atoms with E-state index < -0.39 is 0 Å². The average molecular weight is 425 g/mol. The van der Waals surface area contributed by atoms with Gasteiger partial charge >= 0.3 is 0 Å². The molecule has 1 aliphatic rings. The summed E-state index contributed by atoms with van der Waals surface area (Å²) in [6.07, 6.45) is 1.48. The SMILES string of the molecule is O=C(NCCOc1ccccc1Cl)C1CCN(Cc2c(F)cccc2Cl)CC1. The number of piperidine rings is 1. The third-order valence-corrected chi connectivity index (χ3v) is 5.56. The lowest BCUT2D eigenvalue weighted by molar-refractivity contribution is -0.126. The highest BCUT2D eigenvalue weighted by molar-refractivity contribution is 6.32. The summed E-state index contributed by atoms with van der Waals surface area (Å²) in [6.45, 7) is 2.72. The second-order valence-electron chi connectivity index (χ2n) is 6.82. The Morgan fingerprint density at radius 2 is 1.82 bits per heavy atom. The number of carbonyl (C=O) groups excluding carboxylic acids is 1. The molecule has 1 heterocycles. The predicted molar refractivity (Wildman–Crippen MR) is 109 cm³/mol. The molecule has 0 saturated carbocycles. The molecule has 2 aromatic rings. The van der Waals surface area contributed by atoms with Gasteiger partial charge in [0.25, 0.3) is 0 Å². The maximum atomic E-state index is 13.9. The van der Waals surface area contributed by atoms with Crippen LogP contribution in [-0.2, 0) is 11.3 Å². The van der Waals surface area contributed by atoms with Crippen molar-refractivity contribution < 1.29 is 13.9 Å². The highest BCUT2D eigenvalue weighted by Crippen LogP contribution is 2.25. The van der Waals surface area contributed by atoms with E-state index in [4.69, 9.17) is 27.9 Å². The summed E-state index contributed by atoms with van der Waals surface area (Å²) in [5.74, 6) is 0.323. The van der Waals surface area contributed by atoms with Gasteiger partial charge in [0.2, 0.25) is 5.91 Å². The van der Waals surface area contributed by atoms with Crippen molar-refractivity contribution in [2.24, 2.45) is 5.92 Å². The Morgan fingerprint density at radius 3 is 2.54 bits per heavy atom. The van der Waals surface area contributed by atoms with E-state index >= 15 is 0 Å². The van der Waals surface area contributed by atoms with Crippen molar-refractivity contribution in [1.82, 2.24) is 10.2 Å². The third-order valence-electron chi connectivity index (χ3n) is 4.90. The lowest BCUT2D eigenvalue weighted by atomic mass is 9.95. The first-order valence-corrected chi connectivity index (χ1v) is 10.1. The van der Waals surface area contributed by atoms with Gasteiger partial charge in [-0.05, 0) is 50.2 Å². The van der Waals surface area contributed by atoms with E-state index in [1.54, 1.807) is 24.3 Å². The molecule has 4 nitrogen and oxygen atoms in total. The Hall–Kier alpha value is -1.82. The number of nitrogens with zero attached hydrogens (tertiary/aromatic N) is 1. The van der Waals surface area contributed by atoms with Gasteiger partial charge < -0.3 is 10.1 Å². The van der Waals surface area contributed by atoms with Gasteiger partial charge in [-0.25, -0.2) is 4.39 Å². The summed E-state index contributed by atoms with van der Waals surface area (Å²) >= 11 is 12.1. The van der Waals surface area contributed by atoms with Crippen LogP contribution in [0, 0.1) is 11.7 Å². The number of carbonyl (C=O) groups is 1. The molecule has 1 aliphatic heterocycles. The topological polar surface area (TPSA) is 41.6 Å². The Kier molecular flexibility index (Phi) is 7.54. The van der Waals surface area contributed by atoms with Gasteiger partial charge in [-0.15, -0.1) is 0 Å². The normalized spacial score (nSPS) is 15.4. The number of hydrogen-bond acceptors (Lipinski definition) is 3. The molecule has 0 radical (unpaired) electrons. The summed E-state index contributed by atoms with van der Waals surface area (Å²) < 4.78 is 19.5. The van der Waals surface area contributed by atoms with Crippen molar-refractivity contribution in [1.29, 1.82) is 0 Å². The molecule has 150 valence electrons. The van der Waals surface area contributed by atoms with Crippen LogP contribution in [0.1, 0.15) is 18.4 Å². The minimum Gasteiger partial charge on any atom is -0.490 e. The van der Waals surface area contributed by atoms with Crippen LogP contribution >= 0.6 is 23.2 Å². The number of likely N-dealkylation sites (tertiary alicyclic amines) is 1. The van der Waals surface area contributed by atoms with Gasteiger partial charge in [0.05, 0.1) is 11.6 Å². The smallest absolute Gasteiger partial charge is 0.223 e. The van der Waals surface area contributed by atoms with Gasteiger partial charge in [0, 0.05) is 23.0 Å². The van der Waals surface area contributed by atoms with Crippen molar-refractivity contribution in [2.75, 3.05) is 26.2 Å². The number of para-hydroxylation sites is 1. The largest absolute Gasteiger partial charge is 0.490 e. The monoisotopic (exact) mass is 424 g/mol. The molecule has 1 fully saturated rings. The molecular weight excluding hydrogens is 402 g/mol. The van der Waals surface area contributed by atoms with Gasteiger partial charge in [0.15, 0.2) is 0 Å². The average Bonchev–Trinajstić information content (AvgIpc) is 2.70. The van der Waals surface area contributed by atoms with Gasteiger partial charge in [-0.3, -0.25) is 9.69 Å². The zero-order chi connectivity index (χ0) is 19.9. The van der Waals surface area contributed by atoms with Crippen LogP contribution in [0.15, 0.2) is 42.5 Å². The summed E-state index contributed by atoms with van der Waals surface area (Å²) in [4.78, 5) is 14.5. The molecule has 3 rings (SSSR count). The Bertz CT molecular complexity index is 790. The van der Waals surface area contributed by atoms with Gasteiger partial charge in [0.1, 0.15) is 18.2 Å². The Balaban J connectivity index is 1.38. The molecule has 0 atom stereocenters. The van der Waals surface area contributed by atoms with Gasteiger partial charge in [-0.2, -0.15) is 0 Å². The fraction of sp³-hybridized carbons (Fsp3) is 0.381. The molecule has 1 N–H and O–H groups in total. The van der Waals surface area contributed by atoms with E-state index in [0.29, 0.717) is 41.1 Å². The van der Waals surface area contributed by atoms with Crippen molar-refractivity contribution in [2.45, 2.75) is 19.4 Å². The number of benzene rings is 2. The zero-order valence-electron chi connectivity index (χ0n) is 15.5. The summed E-state index contributed by atoms with van der Waals surface area (Å²) in [6, 6.07) is 12.0. The van der Waals surface area contributed by atoms with E-state index in [1.165, 1.54) is 6.07 Å². The standard InChI is InChI=1S/C21H23Cl2FN2O2/c22-17-5-3-6-19(24)16(17)14-26-11-8-15(9-12-26)21(27)25-10-13-28-20-7-2-1-4-18(20)23/h1-7,15H,8-14H2,(H,25,27). The number of hydrogen-bond donors (Lipinski definition) is 1. The minimum atomic E-state index is -0.286. The molecule has 7 heteroatoms. The van der Waals surface area contributed by atoms with Crippen LogP contribution in [0.4, 0.5) is 4.39 Å². The molecule has 0 spiro atoms. The molecule has 1 saturated heterocycles. The fourth-order valence-corrected chi connectivity index (χ4v) is 3.71. The quantitative estimate of drug-likeness (QED) is 0.663. The lowest BCUT2D eigenvalue weighted by Crippen LogP contribution is -2.41. The van der Waals surface area contributed by atoms with E-state index in [2.05, 4.69) is 10.2 Å². The number of rotatable bonds is 7. The second-order valence-corrected chi connectivity index (χ2v) is 7.63. The molecule has 0 unspecified atom stereocenters. The number of amides is 1. The van der Waals surface area contributed by atoms with E-state index in [0.717, 1.165) is 25.9 Å². The van der Waals surface area contributed by atoms with Crippen LogP contribution in [-0.4, -0.2) is 37.0 Å². The van der Waals surface area contributed by atoms with Gasteiger partial charge in [-0.1, -0.05) is 41.4 Å². The maximum Gasteiger partial charge on any atom is 0.223 e. The lowest BCUT2D eigenvalue weighted by Gasteiger charge is -2.31. The third kappa shape index (κ3) is 5.60. The molecule has 0 bridgehead atoms. The molecule has 1 amide bonds. The van der Waals surface area contributed by atoms with E-state index in [-0.39, 0.29) is 17.6 Å². The minimum absolute atomic E-state index is 0.0336. The second kappa shape index (κ2) is 10.1. The summed E-state index contributed by atoms with van der Waals surface area (Å²) in [7, 11) is 0. The fourth-order valence-electron chi connectivity index (χ4n) is 3.30. The van der Waals surface area contributed by atoms with Crippen LogP contribution in [0.2, 0.25) is 10.0 Å². The Labute approximate surface area is 174 Å². The molecular formula is C21H23Cl2FN2O2. The first-order chi connectivity index (χ1) is 13.5. The predicted octanol–water partition coefficient (Wildman–Crippen LogP) is 4.54.